The largest absolute Gasteiger partial charge is 0.222 e. The predicted octanol–water partition coefficient (Wildman–Crippen LogP) is 2.21. The van der Waals surface area contributed by atoms with Crippen molar-refractivity contribution < 1.29 is 0 Å². The SMILES string of the molecule is CSc1c[s+]ns1. The molecule has 0 N–H and O–H groups in total. The Labute approximate surface area is 54.7 Å². The highest BCUT2D eigenvalue weighted by Crippen LogP contribution is 2.19. The molecule has 1 aromatic rings. The molecule has 38 valence electrons. The quantitative estimate of drug-likeness (QED) is 0.449. The Morgan fingerprint density at radius 1 is 2.00 bits per heavy atom. The molecule has 0 aliphatic carbocycles. The number of hydrogen-bond donors (Lipinski definition) is 0. The van der Waals surface area contributed by atoms with E-state index in [1.807, 2.05) is 0 Å². The second-order valence-corrected chi connectivity index (χ2v) is 3.68. The summed E-state index contributed by atoms with van der Waals surface area (Å²) in [5.74, 6) is 0. The van der Waals surface area contributed by atoms with Gasteiger partial charge < -0.3 is 0 Å². The highest BCUT2D eigenvalue weighted by molar-refractivity contribution is 8.00. The molecule has 0 saturated heterocycles. The van der Waals surface area contributed by atoms with Crippen molar-refractivity contribution in [2.75, 3.05) is 6.26 Å². The number of rotatable bonds is 1. The molecular weight excluding hydrogens is 146 g/mol. The van der Waals surface area contributed by atoms with E-state index in [-0.39, 0.29) is 0 Å². The van der Waals surface area contributed by atoms with Crippen molar-refractivity contribution in [3.63, 3.8) is 0 Å². The van der Waals surface area contributed by atoms with E-state index in [2.05, 4.69) is 15.4 Å². The van der Waals surface area contributed by atoms with Crippen LogP contribution in [-0.2, 0) is 0 Å². The molecule has 1 aromatic heterocycles. The van der Waals surface area contributed by atoms with Gasteiger partial charge in [-0.05, 0) is 6.26 Å². The van der Waals surface area contributed by atoms with E-state index < -0.39 is 0 Å². The summed E-state index contributed by atoms with van der Waals surface area (Å²) in [6, 6.07) is 0. The number of nitrogens with zero attached hydrogens (tertiary/aromatic N) is 1. The summed E-state index contributed by atoms with van der Waals surface area (Å²) in [5, 5.41) is 2.05. The highest BCUT2D eigenvalue weighted by atomic mass is 32.2. The molecule has 0 aliphatic rings. The first-order valence-corrected chi connectivity index (χ1v) is 4.54. The minimum atomic E-state index is 1.30. The minimum Gasteiger partial charge on any atom is -0.0899 e. The van der Waals surface area contributed by atoms with Gasteiger partial charge in [0.15, 0.2) is 5.38 Å². The van der Waals surface area contributed by atoms with Gasteiger partial charge in [-0.15, -0.1) is 0 Å². The molecule has 0 aliphatic heterocycles. The van der Waals surface area contributed by atoms with Crippen LogP contribution in [0.15, 0.2) is 9.59 Å². The Morgan fingerprint density at radius 3 is 3.14 bits per heavy atom. The summed E-state index contributed by atoms with van der Waals surface area (Å²) >= 11 is 4.81. The van der Waals surface area contributed by atoms with Crippen LogP contribution >= 0.6 is 34.8 Å². The van der Waals surface area contributed by atoms with Crippen LogP contribution in [0.1, 0.15) is 0 Å². The van der Waals surface area contributed by atoms with E-state index in [4.69, 9.17) is 0 Å². The van der Waals surface area contributed by atoms with Gasteiger partial charge in [0, 0.05) is 0 Å². The van der Waals surface area contributed by atoms with Crippen LogP contribution < -0.4 is 0 Å². The molecule has 0 fully saturated rings. The van der Waals surface area contributed by atoms with Gasteiger partial charge in [0.25, 0.3) is 0 Å². The average molecular weight is 150 g/mol. The summed E-state index contributed by atoms with van der Waals surface area (Å²) in [4.78, 5) is 0. The van der Waals surface area contributed by atoms with Crippen molar-refractivity contribution in [1.82, 2.24) is 3.76 Å². The fraction of sp³-hybridized carbons (Fsp3) is 0.333. The predicted molar refractivity (Wildman–Crippen MR) is 36.2 cm³/mol. The normalized spacial score (nSPS) is 9.29. The van der Waals surface area contributed by atoms with Gasteiger partial charge in [0.2, 0.25) is 27.3 Å². The summed E-state index contributed by atoms with van der Waals surface area (Å²) in [7, 11) is 0. The summed E-state index contributed by atoms with van der Waals surface area (Å²) in [6.45, 7) is 0. The second-order valence-electron chi connectivity index (χ2n) is 0.912. The van der Waals surface area contributed by atoms with E-state index >= 15 is 0 Å². The molecule has 1 rings (SSSR count). The molecule has 4 heteroatoms. The first-order chi connectivity index (χ1) is 3.43. The van der Waals surface area contributed by atoms with Crippen LogP contribution in [0.5, 0.6) is 0 Å². The Morgan fingerprint density at radius 2 is 2.86 bits per heavy atom. The number of thioether (sulfide) groups is 1. The Hall–Kier alpha value is 0.330. The molecule has 0 spiro atoms. The van der Waals surface area contributed by atoms with Crippen LogP contribution in [0.2, 0.25) is 0 Å². The van der Waals surface area contributed by atoms with E-state index in [0.29, 0.717) is 0 Å². The Kier molecular flexibility index (Phi) is 2.02. The van der Waals surface area contributed by atoms with E-state index in [1.165, 1.54) is 15.7 Å². The number of hydrogen-bond acceptors (Lipinski definition) is 3. The van der Waals surface area contributed by atoms with Crippen LogP contribution in [0, 0.1) is 0 Å². The van der Waals surface area contributed by atoms with Crippen molar-refractivity contribution in [2.45, 2.75) is 4.21 Å². The van der Waals surface area contributed by atoms with E-state index in [9.17, 15) is 0 Å². The van der Waals surface area contributed by atoms with Crippen LogP contribution in [0.4, 0.5) is 0 Å². The maximum absolute atomic E-state index is 3.96. The van der Waals surface area contributed by atoms with Gasteiger partial charge in [-0.2, -0.15) is 0 Å². The van der Waals surface area contributed by atoms with Crippen LogP contribution in [0.25, 0.3) is 0 Å². The molecule has 0 atom stereocenters. The van der Waals surface area contributed by atoms with Gasteiger partial charge in [0.1, 0.15) is 0 Å². The first-order valence-electron chi connectivity index (χ1n) is 1.71. The van der Waals surface area contributed by atoms with Gasteiger partial charge in [-0.3, -0.25) is 0 Å². The van der Waals surface area contributed by atoms with Crippen molar-refractivity contribution in [2.24, 2.45) is 0 Å². The standard InChI is InChI=1S/C3H4NS3/c1-5-3-2-6-4-7-3/h2H,1H3/q+1. The van der Waals surface area contributed by atoms with Crippen molar-refractivity contribution in [3.8, 4) is 0 Å². The molecule has 0 aromatic carbocycles. The van der Waals surface area contributed by atoms with Gasteiger partial charge in [-0.1, -0.05) is 11.8 Å². The van der Waals surface area contributed by atoms with Crippen molar-refractivity contribution in [1.29, 1.82) is 0 Å². The molecule has 0 bridgehead atoms. The first kappa shape index (κ1) is 5.47. The average Bonchev–Trinajstić information content (AvgIpc) is 2.14. The summed E-state index contributed by atoms with van der Waals surface area (Å²) in [6.07, 6.45) is 2.06. The fourth-order valence-electron chi connectivity index (χ4n) is 0.230. The highest BCUT2D eigenvalue weighted by Gasteiger charge is 2.00. The lowest BCUT2D eigenvalue weighted by Gasteiger charge is -1.66. The van der Waals surface area contributed by atoms with Gasteiger partial charge in [-0.25, -0.2) is 0 Å². The van der Waals surface area contributed by atoms with E-state index in [0.717, 1.165) is 0 Å². The molecule has 0 radical (unpaired) electrons. The number of aromatic nitrogens is 1. The minimum absolute atomic E-state index is 1.30. The van der Waals surface area contributed by atoms with E-state index in [1.54, 1.807) is 23.3 Å². The zero-order valence-electron chi connectivity index (χ0n) is 3.75. The molecule has 7 heavy (non-hydrogen) atoms. The maximum Gasteiger partial charge on any atom is 0.222 e. The monoisotopic (exact) mass is 150 g/mol. The third-order valence-electron chi connectivity index (χ3n) is 0.520. The lowest BCUT2D eigenvalue weighted by molar-refractivity contribution is 1.82. The van der Waals surface area contributed by atoms with Crippen molar-refractivity contribution in [3.05, 3.63) is 5.38 Å². The zero-order chi connectivity index (χ0) is 5.11. The maximum atomic E-state index is 3.96. The third-order valence-corrected chi connectivity index (χ3v) is 3.34. The Balaban J connectivity index is 2.76. The molecule has 0 unspecified atom stereocenters. The van der Waals surface area contributed by atoms with Gasteiger partial charge >= 0.3 is 0 Å². The molecule has 0 saturated carbocycles. The summed E-state index contributed by atoms with van der Waals surface area (Å²) in [5.41, 5.74) is 0. The van der Waals surface area contributed by atoms with Crippen molar-refractivity contribution >= 4 is 34.8 Å². The third kappa shape index (κ3) is 1.36. The molecular formula is C3H4NS3+. The topological polar surface area (TPSA) is 12.9 Å². The fourth-order valence-corrected chi connectivity index (χ4v) is 2.34. The smallest absolute Gasteiger partial charge is 0.0899 e. The van der Waals surface area contributed by atoms with Gasteiger partial charge in [0.05, 0.1) is 3.76 Å². The lowest BCUT2D eigenvalue weighted by Crippen LogP contribution is -1.45. The molecule has 0 amide bonds. The summed E-state index contributed by atoms with van der Waals surface area (Å²) < 4.78 is 5.25. The molecule has 1 nitrogen and oxygen atoms in total. The Bertz CT molecular complexity index is 125. The molecule has 1 heterocycles. The van der Waals surface area contributed by atoms with Crippen LogP contribution in [0.3, 0.4) is 0 Å². The second kappa shape index (κ2) is 2.59. The van der Waals surface area contributed by atoms with Crippen LogP contribution in [-0.4, -0.2) is 10.0 Å². The lowest BCUT2D eigenvalue weighted by atomic mass is 11.1. The zero-order valence-corrected chi connectivity index (χ0v) is 6.20.